The lowest BCUT2D eigenvalue weighted by Gasteiger charge is -2.10. The number of aliphatic hydroxyl groups is 2. The zero-order valence-electron chi connectivity index (χ0n) is 15.3. The van der Waals surface area contributed by atoms with Crippen molar-refractivity contribution in [3.63, 3.8) is 0 Å². The van der Waals surface area contributed by atoms with Gasteiger partial charge in [-0.15, -0.1) is 0 Å². The number of amides is 2. The zero-order chi connectivity index (χ0) is 19.6. The van der Waals surface area contributed by atoms with E-state index in [1.165, 1.54) is 0 Å². The van der Waals surface area contributed by atoms with E-state index in [-0.39, 0.29) is 25.0 Å². The van der Waals surface area contributed by atoms with Crippen molar-refractivity contribution in [3.8, 4) is 0 Å². The van der Waals surface area contributed by atoms with E-state index in [0.29, 0.717) is 52.4 Å². The highest BCUT2D eigenvalue weighted by Crippen LogP contribution is 1.93. The van der Waals surface area contributed by atoms with Gasteiger partial charge in [0.2, 0.25) is 11.8 Å². The summed E-state index contributed by atoms with van der Waals surface area (Å²) in [7, 11) is 0. The fourth-order valence-corrected chi connectivity index (χ4v) is 1.81. The predicted octanol–water partition coefficient (Wildman–Crippen LogP) is -2.55. The van der Waals surface area contributed by atoms with Gasteiger partial charge in [-0.3, -0.25) is 9.59 Å². The molecule has 0 unspecified atom stereocenters. The van der Waals surface area contributed by atoms with Gasteiger partial charge in [0, 0.05) is 39.5 Å². The van der Waals surface area contributed by atoms with Crippen LogP contribution in [0.4, 0.5) is 0 Å². The number of aliphatic hydroxyl groups excluding tert-OH is 2. The van der Waals surface area contributed by atoms with Gasteiger partial charge >= 0.3 is 0 Å². The summed E-state index contributed by atoms with van der Waals surface area (Å²) in [6.45, 7) is 2.56. The number of hydrogen-bond donors (Lipinski definition) is 6. The third kappa shape index (κ3) is 13.9. The van der Waals surface area contributed by atoms with Gasteiger partial charge < -0.3 is 41.8 Å². The summed E-state index contributed by atoms with van der Waals surface area (Å²) in [4.78, 5) is 22.5. The van der Waals surface area contributed by atoms with Crippen LogP contribution in [-0.4, -0.2) is 86.8 Å². The lowest BCUT2D eigenvalue weighted by Crippen LogP contribution is -2.43. The molecule has 2 amide bonds. The van der Waals surface area contributed by atoms with E-state index >= 15 is 0 Å². The molecule has 0 aliphatic rings. The first-order valence-electron chi connectivity index (χ1n) is 8.96. The maximum absolute atomic E-state index is 11.3. The Morgan fingerprint density at radius 2 is 1.08 bits per heavy atom. The van der Waals surface area contributed by atoms with Crippen molar-refractivity contribution >= 4 is 11.8 Å². The zero-order valence-corrected chi connectivity index (χ0v) is 15.3. The van der Waals surface area contributed by atoms with Gasteiger partial charge in [0.1, 0.15) is 12.1 Å². The first-order chi connectivity index (χ1) is 12.5. The first kappa shape index (κ1) is 24.7. The third-order valence-electron chi connectivity index (χ3n) is 3.42. The predicted molar refractivity (Wildman–Crippen MR) is 96.2 cm³/mol. The van der Waals surface area contributed by atoms with E-state index in [1.54, 1.807) is 0 Å². The molecule has 154 valence electrons. The first-order valence-corrected chi connectivity index (χ1v) is 8.96. The molecule has 0 aromatic rings. The van der Waals surface area contributed by atoms with Gasteiger partial charge in [-0.1, -0.05) is 0 Å². The van der Waals surface area contributed by atoms with Crippen molar-refractivity contribution in [2.75, 3.05) is 52.7 Å². The number of nitrogens with one attached hydrogen (secondary N) is 2. The van der Waals surface area contributed by atoms with E-state index in [9.17, 15) is 9.59 Å². The summed E-state index contributed by atoms with van der Waals surface area (Å²) in [5, 5.41) is 22.7. The van der Waals surface area contributed by atoms with Crippen LogP contribution in [0.2, 0.25) is 0 Å². The fourth-order valence-electron chi connectivity index (χ4n) is 1.81. The Hall–Kier alpha value is -1.30. The molecule has 26 heavy (non-hydrogen) atoms. The van der Waals surface area contributed by atoms with E-state index in [2.05, 4.69) is 10.6 Å². The van der Waals surface area contributed by atoms with Crippen LogP contribution in [0.1, 0.15) is 25.7 Å². The smallest absolute Gasteiger partial charge is 0.239 e. The van der Waals surface area contributed by atoms with Crippen LogP contribution >= 0.6 is 0 Å². The molecule has 0 spiro atoms. The minimum absolute atomic E-state index is 0.361. The number of rotatable bonds is 17. The topological polar surface area (TPSA) is 169 Å². The van der Waals surface area contributed by atoms with Crippen LogP contribution in [0.5, 0.6) is 0 Å². The summed E-state index contributed by atoms with van der Waals surface area (Å²) >= 11 is 0. The minimum atomic E-state index is -0.870. The highest BCUT2D eigenvalue weighted by Gasteiger charge is 2.10. The molecule has 0 aliphatic carbocycles. The van der Waals surface area contributed by atoms with Crippen LogP contribution < -0.4 is 22.1 Å². The quantitative estimate of drug-likeness (QED) is 0.150. The molecule has 0 heterocycles. The second-order valence-electron chi connectivity index (χ2n) is 5.80. The number of nitrogens with two attached hydrogens (primary N) is 2. The molecule has 0 aromatic heterocycles. The Labute approximate surface area is 154 Å². The molecule has 0 bridgehead atoms. The minimum Gasteiger partial charge on any atom is -0.394 e. The lowest BCUT2D eigenvalue weighted by atomic mass is 10.3. The number of hydrogen-bond acceptors (Lipinski definition) is 8. The van der Waals surface area contributed by atoms with Gasteiger partial charge in [0.25, 0.3) is 0 Å². The van der Waals surface area contributed by atoms with Crippen molar-refractivity contribution < 1.29 is 29.3 Å². The van der Waals surface area contributed by atoms with Crippen molar-refractivity contribution in [1.82, 2.24) is 10.6 Å². The Bertz CT molecular complexity index is 339. The van der Waals surface area contributed by atoms with Crippen molar-refractivity contribution in [2.24, 2.45) is 11.5 Å². The molecule has 0 rings (SSSR count). The van der Waals surface area contributed by atoms with Gasteiger partial charge in [-0.2, -0.15) is 0 Å². The SMILES string of the molecule is N[C@@H](CO)C(=O)NCCCOCCCCOCCCNC(=O)[C@@H](N)CO. The van der Waals surface area contributed by atoms with Crippen LogP contribution in [0.3, 0.4) is 0 Å². The number of ether oxygens (including phenoxy) is 2. The van der Waals surface area contributed by atoms with Gasteiger partial charge in [0.05, 0.1) is 13.2 Å². The van der Waals surface area contributed by atoms with Gasteiger partial charge in [0.15, 0.2) is 0 Å². The Morgan fingerprint density at radius 3 is 1.42 bits per heavy atom. The Kier molecular flexibility index (Phi) is 16.3. The highest BCUT2D eigenvalue weighted by atomic mass is 16.5. The summed E-state index contributed by atoms with van der Waals surface area (Å²) in [5.41, 5.74) is 10.7. The molecule has 0 saturated heterocycles. The van der Waals surface area contributed by atoms with E-state index in [1.807, 2.05) is 0 Å². The molecule has 0 fully saturated rings. The molecule has 0 radical (unpaired) electrons. The maximum atomic E-state index is 11.3. The molecule has 0 aliphatic heterocycles. The van der Waals surface area contributed by atoms with Crippen LogP contribution in [0, 0.1) is 0 Å². The number of carbonyl (C=O) groups excluding carboxylic acids is 2. The Morgan fingerprint density at radius 1 is 0.731 bits per heavy atom. The third-order valence-corrected chi connectivity index (χ3v) is 3.42. The van der Waals surface area contributed by atoms with E-state index in [0.717, 1.165) is 12.8 Å². The molecule has 8 N–H and O–H groups in total. The monoisotopic (exact) mass is 378 g/mol. The van der Waals surface area contributed by atoms with Crippen LogP contribution in [0.15, 0.2) is 0 Å². The van der Waals surface area contributed by atoms with Crippen molar-refractivity contribution in [1.29, 1.82) is 0 Å². The molecular weight excluding hydrogens is 344 g/mol. The average Bonchev–Trinajstić information content (AvgIpc) is 2.66. The molecule has 2 atom stereocenters. The van der Waals surface area contributed by atoms with Crippen LogP contribution in [-0.2, 0) is 19.1 Å². The molecule has 0 saturated carbocycles. The van der Waals surface area contributed by atoms with Crippen LogP contribution in [0.25, 0.3) is 0 Å². The normalized spacial score (nSPS) is 13.2. The fraction of sp³-hybridized carbons (Fsp3) is 0.875. The lowest BCUT2D eigenvalue weighted by molar-refractivity contribution is -0.124. The van der Waals surface area contributed by atoms with Gasteiger partial charge in [-0.05, 0) is 25.7 Å². The summed E-state index contributed by atoms with van der Waals surface area (Å²) in [6, 6.07) is -1.74. The molecular formula is C16H34N4O6. The van der Waals surface area contributed by atoms with E-state index in [4.69, 9.17) is 31.2 Å². The largest absolute Gasteiger partial charge is 0.394 e. The van der Waals surface area contributed by atoms with Crippen molar-refractivity contribution in [2.45, 2.75) is 37.8 Å². The average molecular weight is 378 g/mol. The summed E-state index contributed by atoms with van der Waals surface area (Å²) < 4.78 is 10.9. The Balaban J connectivity index is 3.23. The second-order valence-corrected chi connectivity index (χ2v) is 5.80. The van der Waals surface area contributed by atoms with Gasteiger partial charge in [-0.25, -0.2) is 0 Å². The summed E-state index contributed by atoms with van der Waals surface area (Å²) in [6.07, 6.45) is 3.13. The number of carbonyl (C=O) groups is 2. The second kappa shape index (κ2) is 17.1. The number of unbranched alkanes of at least 4 members (excludes halogenated alkanes) is 1. The maximum Gasteiger partial charge on any atom is 0.239 e. The molecule has 10 nitrogen and oxygen atoms in total. The molecule has 10 heteroatoms. The summed E-state index contributed by atoms with van der Waals surface area (Å²) in [5.74, 6) is -0.721. The molecule has 0 aromatic carbocycles. The standard InChI is InChI=1S/C16H34N4O6/c17-13(11-21)15(23)19-5-3-9-25-7-1-2-8-26-10-4-6-20-16(24)14(18)12-22/h13-14,21-22H,1-12,17-18H2,(H,19,23)(H,20,24)/t13-,14-/m0/s1. The van der Waals surface area contributed by atoms with Crippen molar-refractivity contribution in [3.05, 3.63) is 0 Å². The highest BCUT2D eigenvalue weighted by molar-refractivity contribution is 5.81. The van der Waals surface area contributed by atoms with E-state index < -0.39 is 12.1 Å².